The smallest absolute Gasteiger partial charge is 0.168 e. The first-order valence-electron chi connectivity index (χ1n) is 8.51. The number of nitrogens with zero attached hydrogens (tertiary/aromatic N) is 1. The highest BCUT2D eigenvalue weighted by atomic mass is 15.2. The molecule has 26 heavy (non-hydrogen) atoms. The summed E-state index contributed by atoms with van der Waals surface area (Å²) in [5.74, 6) is 0.312. The molecule has 0 unspecified atom stereocenters. The number of hydrogen-bond acceptors (Lipinski definition) is 3. The van der Waals surface area contributed by atoms with Gasteiger partial charge in [-0.2, -0.15) is 5.10 Å². The highest BCUT2D eigenvalue weighted by molar-refractivity contribution is 5.71. The van der Waals surface area contributed by atoms with E-state index in [2.05, 4.69) is 46.6 Å². The van der Waals surface area contributed by atoms with Crippen LogP contribution < -0.4 is 11.5 Å². The molecule has 0 amide bonds. The topological polar surface area (TPSA) is 80.7 Å². The van der Waals surface area contributed by atoms with Crippen molar-refractivity contribution in [1.82, 2.24) is 10.2 Å². The maximum Gasteiger partial charge on any atom is 0.168 e. The van der Waals surface area contributed by atoms with Gasteiger partial charge in [-0.05, 0) is 16.7 Å². The van der Waals surface area contributed by atoms with E-state index in [0.717, 1.165) is 22.4 Å². The third-order valence-corrected chi connectivity index (χ3v) is 4.83. The molecule has 0 spiro atoms. The van der Waals surface area contributed by atoms with E-state index in [4.69, 9.17) is 11.5 Å². The Kier molecular flexibility index (Phi) is 3.93. The number of aromatic nitrogens is 2. The van der Waals surface area contributed by atoms with Crippen LogP contribution in [0.3, 0.4) is 0 Å². The number of nitrogens with two attached hydrogens (primary N) is 2. The van der Waals surface area contributed by atoms with Gasteiger partial charge in [0.2, 0.25) is 0 Å². The van der Waals surface area contributed by atoms with E-state index in [0.29, 0.717) is 11.5 Å². The predicted molar refractivity (Wildman–Crippen MR) is 106 cm³/mol. The van der Waals surface area contributed by atoms with Crippen LogP contribution in [-0.2, 0) is 5.41 Å². The molecule has 0 bridgehead atoms. The van der Waals surface area contributed by atoms with Crippen LogP contribution in [0.15, 0.2) is 91.0 Å². The van der Waals surface area contributed by atoms with Crippen LogP contribution in [0.1, 0.15) is 22.4 Å². The summed E-state index contributed by atoms with van der Waals surface area (Å²) in [6, 6.07) is 30.9. The van der Waals surface area contributed by atoms with Gasteiger partial charge < -0.3 is 11.5 Å². The number of H-pyrrole nitrogens is 1. The summed E-state index contributed by atoms with van der Waals surface area (Å²) in [4.78, 5) is 0. The van der Waals surface area contributed by atoms with Crippen LogP contribution in [0.5, 0.6) is 0 Å². The van der Waals surface area contributed by atoms with Gasteiger partial charge in [-0.15, -0.1) is 0 Å². The first kappa shape index (κ1) is 16.0. The van der Waals surface area contributed by atoms with E-state index in [1.807, 2.05) is 54.6 Å². The van der Waals surface area contributed by atoms with E-state index in [1.54, 1.807) is 0 Å². The second kappa shape index (κ2) is 6.41. The molecule has 1 heterocycles. The van der Waals surface area contributed by atoms with Crippen molar-refractivity contribution in [2.24, 2.45) is 0 Å². The largest absolute Gasteiger partial charge is 0.394 e. The second-order valence-electron chi connectivity index (χ2n) is 6.25. The molecule has 4 aromatic rings. The molecule has 128 valence electrons. The van der Waals surface area contributed by atoms with Crippen molar-refractivity contribution >= 4 is 11.5 Å². The van der Waals surface area contributed by atoms with Gasteiger partial charge >= 0.3 is 0 Å². The Balaban J connectivity index is 2.16. The molecule has 0 aliphatic heterocycles. The van der Waals surface area contributed by atoms with Crippen molar-refractivity contribution in [3.8, 4) is 0 Å². The zero-order valence-electron chi connectivity index (χ0n) is 14.3. The fourth-order valence-corrected chi connectivity index (χ4v) is 3.65. The van der Waals surface area contributed by atoms with E-state index >= 15 is 0 Å². The Morgan fingerprint density at radius 2 is 1.00 bits per heavy atom. The molecule has 4 rings (SSSR count). The lowest BCUT2D eigenvalue weighted by molar-refractivity contribution is 0.711. The van der Waals surface area contributed by atoms with E-state index in [9.17, 15) is 0 Å². The summed E-state index contributed by atoms with van der Waals surface area (Å²) in [6.45, 7) is 0. The average molecular weight is 340 g/mol. The SMILES string of the molecule is Nc1n[nH]c(C(c2ccccc2)(c2ccccc2)c2ccccc2)c1N. The highest BCUT2D eigenvalue weighted by Gasteiger charge is 2.41. The monoisotopic (exact) mass is 340 g/mol. The molecule has 4 nitrogen and oxygen atoms in total. The minimum absolute atomic E-state index is 0.312. The van der Waals surface area contributed by atoms with Gasteiger partial charge in [-0.25, -0.2) is 0 Å². The summed E-state index contributed by atoms with van der Waals surface area (Å²) in [7, 11) is 0. The lowest BCUT2D eigenvalue weighted by Gasteiger charge is -2.35. The molecular formula is C22H20N4. The molecular weight excluding hydrogens is 320 g/mol. The molecule has 4 heteroatoms. The third-order valence-electron chi connectivity index (χ3n) is 4.83. The maximum absolute atomic E-state index is 6.38. The zero-order chi connectivity index (χ0) is 18.0. The van der Waals surface area contributed by atoms with Crippen LogP contribution in [0.4, 0.5) is 11.5 Å². The van der Waals surface area contributed by atoms with Gasteiger partial charge in [0.1, 0.15) is 0 Å². The van der Waals surface area contributed by atoms with Gasteiger partial charge in [0, 0.05) is 0 Å². The first-order valence-corrected chi connectivity index (χ1v) is 8.51. The van der Waals surface area contributed by atoms with Crippen molar-refractivity contribution in [2.75, 3.05) is 11.5 Å². The fourth-order valence-electron chi connectivity index (χ4n) is 3.65. The Morgan fingerprint density at radius 1 is 0.615 bits per heavy atom. The third kappa shape index (κ3) is 2.35. The fraction of sp³-hybridized carbons (Fsp3) is 0.0455. The minimum Gasteiger partial charge on any atom is -0.394 e. The molecule has 1 aromatic heterocycles. The number of nitrogens with one attached hydrogen (secondary N) is 1. The molecule has 0 aliphatic carbocycles. The Morgan fingerprint density at radius 3 is 1.31 bits per heavy atom. The molecule has 0 atom stereocenters. The zero-order valence-corrected chi connectivity index (χ0v) is 14.3. The van der Waals surface area contributed by atoms with Gasteiger partial charge in [0.15, 0.2) is 5.82 Å². The number of rotatable bonds is 4. The van der Waals surface area contributed by atoms with Crippen LogP contribution in [-0.4, -0.2) is 10.2 Å². The Labute approximate surface area is 152 Å². The second-order valence-corrected chi connectivity index (χ2v) is 6.25. The van der Waals surface area contributed by atoms with Crippen LogP contribution in [0.25, 0.3) is 0 Å². The van der Waals surface area contributed by atoms with Crippen LogP contribution >= 0.6 is 0 Å². The number of hydrogen-bond donors (Lipinski definition) is 3. The van der Waals surface area contributed by atoms with Gasteiger partial charge in [-0.1, -0.05) is 91.0 Å². The van der Waals surface area contributed by atoms with Crippen molar-refractivity contribution in [3.63, 3.8) is 0 Å². The number of benzene rings is 3. The Hall–Kier alpha value is -3.53. The van der Waals surface area contributed by atoms with Gasteiger partial charge in [0.25, 0.3) is 0 Å². The normalized spacial score (nSPS) is 11.4. The standard InChI is InChI=1S/C22H20N4/c23-19-20(25-26-21(19)24)22(16-10-4-1-5-11-16,17-12-6-2-7-13-17)18-14-8-3-9-15-18/h1-15H,23H2,(H3,24,25,26). The molecule has 5 N–H and O–H groups in total. The van der Waals surface area contributed by atoms with Crippen molar-refractivity contribution < 1.29 is 0 Å². The summed E-state index contributed by atoms with van der Waals surface area (Å²) in [5, 5.41) is 7.30. The van der Waals surface area contributed by atoms with Crippen molar-refractivity contribution in [2.45, 2.75) is 5.41 Å². The summed E-state index contributed by atoms with van der Waals surface area (Å²) >= 11 is 0. The minimum atomic E-state index is -0.640. The molecule has 0 aliphatic rings. The first-order chi connectivity index (χ1) is 12.7. The summed E-state index contributed by atoms with van der Waals surface area (Å²) in [5.41, 5.74) is 16.3. The summed E-state index contributed by atoms with van der Waals surface area (Å²) < 4.78 is 0. The highest BCUT2D eigenvalue weighted by Crippen LogP contribution is 2.46. The predicted octanol–water partition coefficient (Wildman–Crippen LogP) is 3.96. The number of nitrogen functional groups attached to an aromatic ring is 2. The van der Waals surface area contributed by atoms with E-state index in [1.165, 1.54) is 0 Å². The maximum atomic E-state index is 6.38. The molecule has 3 aromatic carbocycles. The van der Waals surface area contributed by atoms with Crippen LogP contribution in [0.2, 0.25) is 0 Å². The molecule has 0 fully saturated rings. The quantitative estimate of drug-likeness (QED) is 0.492. The van der Waals surface area contributed by atoms with Gasteiger partial charge in [0.05, 0.1) is 16.8 Å². The van der Waals surface area contributed by atoms with Crippen LogP contribution in [0, 0.1) is 0 Å². The number of aromatic amines is 1. The summed E-state index contributed by atoms with van der Waals surface area (Å²) in [6.07, 6.45) is 0. The lowest BCUT2D eigenvalue weighted by Crippen LogP contribution is -2.32. The van der Waals surface area contributed by atoms with Crippen molar-refractivity contribution in [3.05, 3.63) is 113 Å². The van der Waals surface area contributed by atoms with E-state index < -0.39 is 5.41 Å². The molecule has 0 saturated heterocycles. The molecule has 0 saturated carbocycles. The number of anilines is 2. The van der Waals surface area contributed by atoms with Gasteiger partial charge in [-0.3, -0.25) is 5.10 Å². The van der Waals surface area contributed by atoms with Crippen molar-refractivity contribution in [1.29, 1.82) is 0 Å². The average Bonchev–Trinajstić information content (AvgIpc) is 3.04. The Bertz CT molecular complexity index is 896. The van der Waals surface area contributed by atoms with E-state index in [-0.39, 0.29) is 0 Å². The molecule has 0 radical (unpaired) electrons. The lowest BCUT2D eigenvalue weighted by atomic mass is 9.67.